The van der Waals surface area contributed by atoms with E-state index in [1.165, 1.54) is 0 Å². The molecule has 1 aliphatic rings. The molecule has 19 heavy (non-hydrogen) atoms. The average molecular weight is 269 g/mol. The number of nitrogens with zero attached hydrogens (tertiary/aromatic N) is 2. The first-order chi connectivity index (χ1) is 8.94. The zero-order chi connectivity index (χ0) is 14.0. The lowest BCUT2D eigenvalue weighted by Crippen LogP contribution is -2.56. The Morgan fingerprint density at radius 3 is 2.63 bits per heavy atom. The molecular formula is C14H21F2N3. The van der Waals surface area contributed by atoms with Crippen LogP contribution in [0.3, 0.4) is 0 Å². The number of aromatic nitrogens is 1. The molecule has 1 atom stereocenters. The van der Waals surface area contributed by atoms with E-state index in [0.717, 1.165) is 11.4 Å². The molecule has 0 aliphatic carbocycles. The monoisotopic (exact) mass is 269 g/mol. The Morgan fingerprint density at radius 2 is 2.16 bits per heavy atom. The summed E-state index contributed by atoms with van der Waals surface area (Å²) < 4.78 is 27.8. The second kappa shape index (κ2) is 5.41. The Morgan fingerprint density at radius 1 is 1.42 bits per heavy atom. The van der Waals surface area contributed by atoms with Crippen molar-refractivity contribution in [1.82, 2.24) is 10.3 Å². The Kier molecular flexibility index (Phi) is 4.04. The van der Waals surface area contributed by atoms with E-state index in [0.29, 0.717) is 18.9 Å². The van der Waals surface area contributed by atoms with Crippen LogP contribution < -0.4 is 10.2 Å². The lowest BCUT2D eigenvalue weighted by Gasteiger charge is -2.39. The van der Waals surface area contributed by atoms with Gasteiger partial charge in [0.05, 0.1) is 24.5 Å². The van der Waals surface area contributed by atoms with Crippen LogP contribution in [-0.2, 0) is 0 Å². The average Bonchev–Trinajstić information content (AvgIpc) is 2.37. The normalized spacial score (nSPS) is 22.8. The van der Waals surface area contributed by atoms with E-state index in [4.69, 9.17) is 0 Å². The van der Waals surface area contributed by atoms with Crippen LogP contribution in [0.2, 0.25) is 0 Å². The summed E-state index contributed by atoms with van der Waals surface area (Å²) in [5.41, 5.74) is 1.76. The molecule has 0 aromatic carbocycles. The highest BCUT2D eigenvalue weighted by atomic mass is 19.3. The maximum Gasteiger partial charge on any atom is 0.280 e. The van der Waals surface area contributed by atoms with Crippen LogP contribution >= 0.6 is 0 Å². The minimum Gasteiger partial charge on any atom is -0.364 e. The molecule has 1 N–H and O–H groups in total. The molecule has 0 saturated carbocycles. The fourth-order valence-electron chi connectivity index (χ4n) is 2.44. The molecule has 0 amide bonds. The molecule has 0 unspecified atom stereocenters. The van der Waals surface area contributed by atoms with Gasteiger partial charge in [0.25, 0.3) is 5.92 Å². The summed E-state index contributed by atoms with van der Waals surface area (Å²) in [6, 6.07) is 3.08. The van der Waals surface area contributed by atoms with Crippen LogP contribution in [0.25, 0.3) is 0 Å². The van der Waals surface area contributed by atoms with Crippen molar-refractivity contribution in [1.29, 1.82) is 0 Å². The van der Waals surface area contributed by atoms with Crippen LogP contribution in [-0.4, -0.2) is 37.1 Å². The smallest absolute Gasteiger partial charge is 0.280 e. The Bertz CT molecular complexity index is 417. The molecule has 1 aromatic rings. The van der Waals surface area contributed by atoms with Gasteiger partial charge in [-0.15, -0.1) is 0 Å². The molecule has 1 aliphatic heterocycles. The number of alkyl halides is 2. The number of hydrogen-bond acceptors (Lipinski definition) is 3. The summed E-state index contributed by atoms with van der Waals surface area (Å²) in [6.45, 7) is 4.51. The predicted molar refractivity (Wildman–Crippen MR) is 73.0 cm³/mol. The van der Waals surface area contributed by atoms with Crippen molar-refractivity contribution in [3.63, 3.8) is 0 Å². The van der Waals surface area contributed by atoms with E-state index in [2.05, 4.69) is 24.1 Å². The lowest BCUT2D eigenvalue weighted by molar-refractivity contribution is -0.0402. The van der Waals surface area contributed by atoms with Crippen LogP contribution in [0, 0.1) is 0 Å². The summed E-state index contributed by atoms with van der Waals surface area (Å²) in [7, 11) is 1.59. The lowest BCUT2D eigenvalue weighted by atomic mass is 10.0. The molecule has 2 rings (SSSR count). The van der Waals surface area contributed by atoms with E-state index < -0.39 is 12.0 Å². The number of nitrogens with one attached hydrogen (secondary N) is 1. The van der Waals surface area contributed by atoms with Crippen molar-refractivity contribution in [3.05, 3.63) is 24.0 Å². The Balaban J connectivity index is 2.11. The maximum absolute atomic E-state index is 13.9. The van der Waals surface area contributed by atoms with Gasteiger partial charge in [0.2, 0.25) is 0 Å². The molecule has 1 fully saturated rings. The number of anilines is 1. The maximum atomic E-state index is 13.9. The fourth-order valence-corrected chi connectivity index (χ4v) is 2.44. The van der Waals surface area contributed by atoms with Gasteiger partial charge in [-0.25, -0.2) is 8.78 Å². The third-order valence-corrected chi connectivity index (χ3v) is 3.68. The summed E-state index contributed by atoms with van der Waals surface area (Å²) in [5, 5.41) is 2.70. The predicted octanol–water partition coefficient (Wildman–Crippen LogP) is 2.64. The minimum atomic E-state index is -2.70. The zero-order valence-corrected chi connectivity index (χ0v) is 11.7. The molecule has 106 valence electrons. The number of rotatable bonds is 3. The molecule has 5 heteroatoms. The van der Waals surface area contributed by atoms with Gasteiger partial charge in [0.1, 0.15) is 0 Å². The molecule has 1 aromatic heterocycles. The molecular weight excluding hydrogens is 248 g/mol. The summed E-state index contributed by atoms with van der Waals surface area (Å²) in [4.78, 5) is 6.05. The Hall–Kier alpha value is -1.23. The largest absolute Gasteiger partial charge is 0.364 e. The summed E-state index contributed by atoms with van der Waals surface area (Å²) >= 11 is 0. The van der Waals surface area contributed by atoms with E-state index >= 15 is 0 Å². The summed E-state index contributed by atoms with van der Waals surface area (Å²) in [6.07, 6.45) is 2.14. The fraction of sp³-hybridized carbons (Fsp3) is 0.643. The number of halogens is 2. The van der Waals surface area contributed by atoms with Crippen molar-refractivity contribution in [2.24, 2.45) is 0 Å². The second-order valence-corrected chi connectivity index (χ2v) is 5.41. The van der Waals surface area contributed by atoms with Crippen LogP contribution in [0.15, 0.2) is 18.3 Å². The first-order valence-electron chi connectivity index (χ1n) is 6.70. The van der Waals surface area contributed by atoms with E-state index in [9.17, 15) is 8.78 Å². The van der Waals surface area contributed by atoms with Gasteiger partial charge in [-0.3, -0.25) is 4.98 Å². The molecule has 0 bridgehead atoms. The third-order valence-electron chi connectivity index (χ3n) is 3.68. The van der Waals surface area contributed by atoms with Gasteiger partial charge < -0.3 is 10.2 Å². The first kappa shape index (κ1) is 14.2. The molecule has 3 nitrogen and oxygen atoms in total. The van der Waals surface area contributed by atoms with E-state index in [-0.39, 0.29) is 6.54 Å². The highest BCUT2D eigenvalue weighted by Crippen LogP contribution is 2.30. The van der Waals surface area contributed by atoms with Gasteiger partial charge in [0.15, 0.2) is 0 Å². The van der Waals surface area contributed by atoms with Gasteiger partial charge in [-0.05, 0) is 31.5 Å². The summed E-state index contributed by atoms with van der Waals surface area (Å²) in [5.74, 6) is -2.35. The van der Waals surface area contributed by atoms with Gasteiger partial charge >= 0.3 is 0 Å². The van der Waals surface area contributed by atoms with E-state index in [1.807, 2.05) is 12.1 Å². The van der Waals surface area contributed by atoms with Gasteiger partial charge in [0, 0.05) is 12.2 Å². The standard InChI is InChI=1S/C14H21F2N3/c1-10(2)12-5-4-11(8-18-12)19-7-6-13(17-3)14(15,16)9-19/h4-5,8,10,13,17H,6-7,9H2,1-3H3/t13-/m1/s1. The quantitative estimate of drug-likeness (QED) is 0.914. The van der Waals surface area contributed by atoms with Crippen molar-refractivity contribution in [2.75, 3.05) is 25.0 Å². The van der Waals surface area contributed by atoms with Gasteiger partial charge in [-0.1, -0.05) is 13.8 Å². The molecule has 1 saturated heterocycles. The number of hydrogen-bond donors (Lipinski definition) is 1. The van der Waals surface area contributed by atoms with Crippen LogP contribution in [0.5, 0.6) is 0 Å². The highest BCUT2D eigenvalue weighted by molar-refractivity contribution is 5.46. The van der Waals surface area contributed by atoms with Crippen molar-refractivity contribution in [2.45, 2.75) is 38.2 Å². The van der Waals surface area contributed by atoms with E-state index in [1.54, 1.807) is 18.1 Å². The number of pyridine rings is 1. The molecule has 0 spiro atoms. The second-order valence-electron chi connectivity index (χ2n) is 5.41. The Labute approximate surface area is 113 Å². The first-order valence-corrected chi connectivity index (χ1v) is 6.70. The topological polar surface area (TPSA) is 28.2 Å². The van der Waals surface area contributed by atoms with Crippen molar-refractivity contribution >= 4 is 5.69 Å². The van der Waals surface area contributed by atoms with Crippen LogP contribution in [0.1, 0.15) is 31.9 Å². The van der Waals surface area contributed by atoms with Gasteiger partial charge in [-0.2, -0.15) is 0 Å². The minimum absolute atomic E-state index is 0.249. The van der Waals surface area contributed by atoms with Crippen molar-refractivity contribution < 1.29 is 8.78 Å². The number of piperidine rings is 1. The van der Waals surface area contributed by atoms with Crippen LogP contribution in [0.4, 0.5) is 14.5 Å². The molecule has 2 heterocycles. The van der Waals surface area contributed by atoms with Crippen molar-refractivity contribution in [3.8, 4) is 0 Å². The zero-order valence-electron chi connectivity index (χ0n) is 11.7. The third kappa shape index (κ3) is 3.03. The SMILES string of the molecule is CN[C@@H]1CCN(c2ccc(C(C)C)nc2)CC1(F)F. The highest BCUT2D eigenvalue weighted by Gasteiger charge is 2.43. The molecule has 0 radical (unpaired) electrons.